The summed E-state index contributed by atoms with van der Waals surface area (Å²) in [6.07, 6.45) is 1.49. The summed E-state index contributed by atoms with van der Waals surface area (Å²) >= 11 is 6.99. The van der Waals surface area contributed by atoms with E-state index in [4.69, 9.17) is 11.6 Å². The zero-order valence-corrected chi connectivity index (χ0v) is 15.6. The third kappa shape index (κ3) is 3.84. The molecule has 0 saturated heterocycles. The van der Waals surface area contributed by atoms with E-state index in [1.807, 2.05) is 31.1 Å². The molecular formula is C18H15ClFN3O2S. The van der Waals surface area contributed by atoms with Crippen molar-refractivity contribution in [2.45, 2.75) is 6.42 Å². The van der Waals surface area contributed by atoms with E-state index >= 15 is 0 Å². The van der Waals surface area contributed by atoms with Crippen LogP contribution in [0.15, 0.2) is 36.5 Å². The van der Waals surface area contributed by atoms with Crippen molar-refractivity contribution in [2.24, 2.45) is 0 Å². The van der Waals surface area contributed by atoms with Crippen LogP contribution in [0.2, 0.25) is 5.02 Å². The summed E-state index contributed by atoms with van der Waals surface area (Å²) in [6, 6.07) is 8.05. The summed E-state index contributed by atoms with van der Waals surface area (Å²) in [5.41, 5.74) is 1.70. The van der Waals surface area contributed by atoms with Crippen molar-refractivity contribution in [3.05, 3.63) is 52.2 Å². The van der Waals surface area contributed by atoms with Gasteiger partial charge in [0.15, 0.2) is 0 Å². The van der Waals surface area contributed by atoms with Crippen LogP contribution < -0.4 is 4.90 Å². The van der Waals surface area contributed by atoms with Crippen LogP contribution in [0.4, 0.5) is 10.2 Å². The number of carbonyl (C=O) groups is 1. The van der Waals surface area contributed by atoms with Gasteiger partial charge in [0.1, 0.15) is 16.6 Å². The van der Waals surface area contributed by atoms with Crippen molar-refractivity contribution >= 4 is 34.7 Å². The third-order valence-electron chi connectivity index (χ3n) is 3.66. The van der Waals surface area contributed by atoms with E-state index in [0.717, 1.165) is 11.4 Å². The minimum Gasteiger partial charge on any atom is -0.481 e. The molecule has 0 unspecified atom stereocenters. The highest BCUT2D eigenvalue weighted by atomic mass is 35.5. The number of thiazole rings is 1. The van der Waals surface area contributed by atoms with E-state index in [1.165, 1.54) is 23.5 Å². The Morgan fingerprint density at radius 1 is 1.27 bits per heavy atom. The molecule has 0 bridgehead atoms. The molecule has 0 fully saturated rings. The average molecular weight is 392 g/mol. The number of nitrogens with zero attached hydrogens (tertiary/aromatic N) is 3. The number of aromatic nitrogens is 2. The van der Waals surface area contributed by atoms with Gasteiger partial charge in [-0.25, -0.2) is 14.4 Å². The lowest BCUT2D eigenvalue weighted by atomic mass is 10.1. The number of hydrogen-bond acceptors (Lipinski definition) is 5. The van der Waals surface area contributed by atoms with Gasteiger partial charge in [-0.2, -0.15) is 0 Å². The molecule has 26 heavy (non-hydrogen) atoms. The Kier molecular flexibility index (Phi) is 5.20. The summed E-state index contributed by atoms with van der Waals surface area (Å²) in [5, 5.41) is 9.82. The van der Waals surface area contributed by atoms with E-state index in [2.05, 4.69) is 9.97 Å². The van der Waals surface area contributed by atoms with Gasteiger partial charge in [-0.1, -0.05) is 17.7 Å². The quantitative estimate of drug-likeness (QED) is 0.700. The van der Waals surface area contributed by atoms with Crippen molar-refractivity contribution in [1.29, 1.82) is 0 Å². The van der Waals surface area contributed by atoms with E-state index in [9.17, 15) is 14.3 Å². The molecule has 1 aromatic carbocycles. The van der Waals surface area contributed by atoms with Crippen LogP contribution in [-0.2, 0) is 11.2 Å². The van der Waals surface area contributed by atoms with Gasteiger partial charge in [0.2, 0.25) is 0 Å². The smallest absolute Gasteiger partial charge is 0.308 e. The normalized spacial score (nSPS) is 10.8. The molecule has 0 aliphatic heterocycles. The third-order valence-corrected chi connectivity index (χ3v) is 5.07. The second-order valence-corrected chi connectivity index (χ2v) is 7.28. The molecule has 0 spiro atoms. The number of aliphatic carboxylic acids is 1. The van der Waals surface area contributed by atoms with Crippen LogP contribution in [0.5, 0.6) is 0 Å². The molecule has 1 N–H and O–H groups in total. The second kappa shape index (κ2) is 7.39. The summed E-state index contributed by atoms with van der Waals surface area (Å²) in [6.45, 7) is 0. The highest BCUT2D eigenvalue weighted by Gasteiger charge is 2.18. The Hall–Kier alpha value is -2.51. The van der Waals surface area contributed by atoms with Gasteiger partial charge in [-0.15, -0.1) is 11.3 Å². The van der Waals surface area contributed by atoms with Gasteiger partial charge in [-0.05, 0) is 24.3 Å². The Morgan fingerprint density at radius 3 is 2.58 bits per heavy atom. The lowest BCUT2D eigenvalue weighted by molar-refractivity contribution is -0.136. The summed E-state index contributed by atoms with van der Waals surface area (Å²) in [4.78, 5) is 22.5. The molecular weight excluding hydrogens is 377 g/mol. The summed E-state index contributed by atoms with van der Waals surface area (Å²) in [7, 11) is 3.78. The van der Waals surface area contributed by atoms with Gasteiger partial charge >= 0.3 is 5.97 Å². The predicted octanol–water partition coefficient (Wildman–Crippen LogP) is 4.36. The summed E-state index contributed by atoms with van der Waals surface area (Å²) in [5.74, 6) is -0.745. The maximum atomic E-state index is 13.8. The second-order valence-electron chi connectivity index (χ2n) is 5.79. The molecule has 2 aromatic heterocycles. The van der Waals surface area contributed by atoms with E-state index in [-0.39, 0.29) is 11.4 Å². The topological polar surface area (TPSA) is 66.3 Å². The van der Waals surface area contributed by atoms with Crippen molar-refractivity contribution < 1.29 is 14.3 Å². The van der Waals surface area contributed by atoms with Crippen LogP contribution in [-0.4, -0.2) is 35.1 Å². The van der Waals surface area contributed by atoms with Crippen LogP contribution >= 0.6 is 22.9 Å². The number of benzene rings is 1. The fourth-order valence-corrected chi connectivity index (χ4v) is 3.56. The first-order valence-corrected chi connectivity index (χ1v) is 8.85. The lowest BCUT2D eigenvalue weighted by Gasteiger charge is -2.10. The average Bonchev–Trinajstić information content (AvgIpc) is 3.00. The molecule has 0 atom stereocenters. The first-order valence-electron chi connectivity index (χ1n) is 7.66. The number of carboxylic acid groups (broad SMARTS) is 1. The number of anilines is 1. The number of carboxylic acids is 1. The van der Waals surface area contributed by atoms with Crippen molar-refractivity contribution in [1.82, 2.24) is 9.97 Å². The molecule has 3 aromatic rings. The van der Waals surface area contributed by atoms with E-state index in [0.29, 0.717) is 21.1 Å². The van der Waals surface area contributed by atoms with Crippen LogP contribution in [0, 0.1) is 5.82 Å². The molecule has 5 nitrogen and oxygen atoms in total. The van der Waals surface area contributed by atoms with Crippen molar-refractivity contribution in [3.8, 4) is 21.8 Å². The number of hydrogen-bond donors (Lipinski definition) is 1. The Morgan fingerprint density at radius 2 is 2.00 bits per heavy atom. The standard InChI is InChI=1S/C18H15ClFN3O2S/c1-23(2)15-6-4-11(9-21-15)18-22-17(14(26-18)8-16(24)25)10-3-5-12(19)13(20)7-10/h3-7,9H,8H2,1-2H3,(H,24,25). The van der Waals surface area contributed by atoms with Gasteiger partial charge in [0.25, 0.3) is 0 Å². The number of pyridine rings is 1. The fourth-order valence-electron chi connectivity index (χ4n) is 2.38. The zero-order valence-electron chi connectivity index (χ0n) is 14.0. The first-order chi connectivity index (χ1) is 12.3. The molecule has 0 aliphatic carbocycles. The Labute approximate surface area is 158 Å². The minimum absolute atomic E-state index is 0.00691. The maximum absolute atomic E-state index is 13.8. The van der Waals surface area contributed by atoms with Crippen LogP contribution in [0.3, 0.4) is 0 Å². The number of rotatable bonds is 5. The summed E-state index contributed by atoms with van der Waals surface area (Å²) < 4.78 is 13.8. The van der Waals surface area contributed by atoms with E-state index in [1.54, 1.807) is 12.3 Å². The molecule has 134 valence electrons. The fraction of sp³-hybridized carbons (Fsp3) is 0.167. The van der Waals surface area contributed by atoms with Crippen LogP contribution in [0.25, 0.3) is 21.8 Å². The van der Waals surface area contributed by atoms with Crippen LogP contribution in [0.1, 0.15) is 4.88 Å². The van der Waals surface area contributed by atoms with Gasteiger partial charge in [0.05, 0.1) is 17.1 Å². The molecule has 0 saturated carbocycles. The molecule has 3 rings (SSSR count). The SMILES string of the molecule is CN(C)c1ccc(-c2nc(-c3ccc(Cl)c(F)c3)c(CC(=O)O)s2)cn1. The van der Waals surface area contributed by atoms with Gasteiger partial charge in [0, 0.05) is 36.3 Å². The molecule has 2 heterocycles. The van der Waals surface area contributed by atoms with Crippen molar-refractivity contribution in [3.63, 3.8) is 0 Å². The van der Waals surface area contributed by atoms with Gasteiger partial charge < -0.3 is 10.0 Å². The molecule has 0 radical (unpaired) electrons. The maximum Gasteiger partial charge on any atom is 0.308 e. The van der Waals surface area contributed by atoms with Gasteiger partial charge in [-0.3, -0.25) is 4.79 Å². The molecule has 0 amide bonds. The largest absolute Gasteiger partial charge is 0.481 e. The zero-order chi connectivity index (χ0) is 18.8. The highest BCUT2D eigenvalue weighted by Crippen LogP contribution is 2.35. The Bertz CT molecular complexity index is 958. The molecule has 0 aliphatic rings. The molecule has 8 heteroatoms. The van der Waals surface area contributed by atoms with Crippen molar-refractivity contribution in [2.75, 3.05) is 19.0 Å². The minimum atomic E-state index is -0.975. The predicted molar refractivity (Wildman–Crippen MR) is 101 cm³/mol. The monoisotopic (exact) mass is 391 g/mol. The lowest BCUT2D eigenvalue weighted by Crippen LogP contribution is -2.09. The number of halogens is 2. The Balaban J connectivity index is 2.06. The van der Waals surface area contributed by atoms with E-state index < -0.39 is 11.8 Å². The first kappa shape index (κ1) is 18.3. The highest BCUT2D eigenvalue weighted by molar-refractivity contribution is 7.15.